The molecule has 0 spiro atoms. The topological polar surface area (TPSA) is 88.6 Å². The molecule has 4 rings (SSSR count). The van der Waals surface area contributed by atoms with Gasteiger partial charge in [-0.25, -0.2) is 4.79 Å². The van der Waals surface area contributed by atoms with Gasteiger partial charge in [-0.1, -0.05) is 18.2 Å². The van der Waals surface area contributed by atoms with Gasteiger partial charge in [-0.15, -0.1) is 0 Å². The Morgan fingerprint density at radius 1 is 1.19 bits per heavy atom. The highest BCUT2D eigenvalue weighted by Gasteiger charge is 2.35. The molecule has 0 unspecified atom stereocenters. The Morgan fingerprint density at radius 3 is 2.69 bits per heavy atom. The van der Waals surface area contributed by atoms with E-state index < -0.39 is 11.4 Å². The van der Waals surface area contributed by atoms with E-state index in [9.17, 15) is 14.7 Å². The first-order valence-corrected chi connectivity index (χ1v) is 8.56. The van der Waals surface area contributed by atoms with Gasteiger partial charge in [0.25, 0.3) is 0 Å². The number of amides is 1. The minimum absolute atomic E-state index is 0.0683. The molecule has 0 aliphatic carbocycles. The van der Waals surface area contributed by atoms with Crippen LogP contribution in [0.3, 0.4) is 0 Å². The van der Waals surface area contributed by atoms with Gasteiger partial charge in [-0.3, -0.25) is 14.3 Å². The van der Waals surface area contributed by atoms with Gasteiger partial charge in [0, 0.05) is 31.0 Å². The molecule has 7 nitrogen and oxygen atoms in total. The van der Waals surface area contributed by atoms with Crippen molar-refractivity contribution < 1.29 is 14.3 Å². The number of rotatable bonds is 3. The van der Waals surface area contributed by atoms with Gasteiger partial charge in [-0.05, 0) is 31.0 Å². The number of carbonyl (C=O) groups is 1. The summed E-state index contributed by atoms with van der Waals surface area (Å²) in [6.45, 7) is 0.782. The highest BCUT2D eigenvalue weighted by atomic mass is 16.4. The third kappa shape index (κ3) is 2.90. The van der Waals surface area contributed by atoms with Gasteiger partial charge in [0.1, 0.15) is 6.54 Å². The molecule has 134 valence electrons. The largest absolute Gasteiger partial charge is 0.420 e. The first kappa shape index (κ1) is 16.5. The molecule has 3 heterocycles. The summed E-state index contributed by atoms with van der Waals surface area (Å²) >= 11 is 0. The number of hydrogen-bond donors (Lipinski definition) is 1. The van der Waals surface area contributed by atoms with Crippen LogP contribution in [0.15, 0.2) is 58.0 Å². The molecule has 0 radical (unpaired) electrons. The van der Waals surface area contributed by atoms with Gasteiger partial charge in [0.05, 0.1) is 11.1 Å². The van der Waals surface area contributed by atoms with E-state index in [0.717, 1.165) is 5.56 Å². The van der Waals surface area contributed by atoms with Crippen LogP contribution in [0, 0.1) is 0 Å². The Hall–Kier alpha value is -2.93. The predicted molar refractivity (Wildman–Crippen MR) is 94.4 cm³/mol. The number of nitrogens with zero attached hydrogens (tertiary/aromatic N) is 3. The van der Waals surface area contributed by atoms with Gasteiger partial charge in [-0.2, -0.15) is 0 Å². The number of oxazole rings is 1. The van der Waals surface area contributed by atoms with Gasteiger partial charge in [0.2, 0.25) is 5.91 Å². The second-order valence-electron chi connectivity index (χ2n) is 6.58. The fourth-order valence-corrected chi connectivity index (χ4v) is 3.45. The van der Waals surface area contributed by atoms with E-state index in [0.29, 0.717) is 37.0 Å². The zero-order chi connectivity index (χ0) is 18.1. The van der Waals surface area contributed by atoms with Crippen molar-refractivity contribution in [2.24, 2.45) is 0 Å². The lowest BCUT2D eigenvalue weighted by Crippen LogP contribution is -2.46. The maximum Gasteiger partial charge on any atom is 0.420 e. The fraction of sp³-hybridized carbons (Fsp3) is 0.316. The molecule has 3 aromatic rings. The lowest BCUT2D eigenvalue weighted by molar-refractivity contribution is -0.136. The Kier molecular flexibility index (Phi) is 4.08. The number of benzene rings is 1. The van der Waals surface area contributed by atoms with Crippen LogP contribution in [0.2, 0.25) is 0 Å². The van der Waals surface area contributed by atoms with Crippen LogP contribution in [0.4, 0.5) is 0 Å². The normalized spacial score (nSPS) is 16.7. The summed E-state index contributed by atoms with van der Waals surface area (Å²) in [5, 5.41) is 10.8. The van der Waals surface area contributed by atoms with Gasteiger partial charge in [0.15, 0.2) is 5.58 Å². The number of piperidine rings is 1. The molecule has 0 bridgehead atoms. The average Bonchev–Trinajstić information content (AvgIpc) is 2.98. The molecular formula is C19H19N3O4. The number of pyridine rings is 1. The highest BCUT2D eigenvalue weighted by Crippen LogP contribution is 2.32. The molecule has 7 heteroatoms. The average molecular weight is 353 g/mol. The van der Waals surface area contributed by atoms with Crippen LogP contribution in [0.5, 0.6) is 0 Å². The SMILES string of the molecule is O=C(Cn1c(=O)oc2ccccc21)N1CCC(O)(c2cccnc2)CC1. The van der Waals surface area contributed by atoms with Crippen molar-refractivity contribution >= 4 is 17.0 Å². The van der Waals surface area contributed by atoms with E-state index in [-0.39, 0.29) is 12.5 Å². The molecule has 1 N–H and O–H groups in total. The fourth-order valence-electron chi connectivity index (χ4n) is 3.45. The number of carbonyl (C=O) groups excluding carboxylic acids is 1. The number of aromatic nitrogens is 2. The van der Waals surface area contributed by atoms with E-state index >= 15 is 0 Å². The molecule has 1 fully saturated rings. The van der Waals surface area contributed by atoms with E-state index in [2.05, 4.69) is 4.98 Å². The number of para-hydroxylation sites is 2. The molecular weight excluding hydrogens is 334 g/mol. The van der Waals surface area contributed by atoms with E-state index in [1.807, 2.05) is 6.07 Å². The minimum Gasteiger partial charge on any atom is -0.408 e. The number of hydrogen-bond acceptors (Lipinski definition) is 5. The highest BCUT2D eigenvalue weighted by molar-refractivity contribution is 5.79. The first-order valence-electron chi connectivity index (χ1n) is 8.56. The molecule has 1 aliphatic rings. The predicted octanol–water partition coefficient (Wildman–Crippen LogP) is 1.50. The van der Waals surface area contributed by atoms with Crippen molar-refractivity contribution in [1.29, 1.82) is 0 Å². The lowest BCUT2D eigenvalue weighted by atomic mass is 9.85. The summed E-state index contributed by atoms with van der Waals surface area (Å²) in [5.74, 6) is -0.699. The standard InChI is InChI=1S/C19H19N3O4/c23-17(13-22-15-5-1-2-6-16(15)26-18(22)24)21-10-7-19(25,8-11-21)14-4-3-9-20-12-14/h1-6,9,12,25H,7-8,10-11,13H2. The number of fused-ring (bicyclic) bond motifs is 1. The van der Waals surface area contributed by atoms with Crippen LogP contribution in [0.25, 0.3) is 11.1 Å². The van der Waals surface area contributed by atoms with Crippen molar-refractivity contribution in [1.82, 2.24) is 14.5 Å². The Labute approximate surface area is 149 Å². The van der Waals surface area contributed by atoms with Crippen molar-refractivity contribution in [2.75, 3.05) is 13.1 Å². The molecule has 0 saturated carbocycles. The van der Waals surface area contributed by atoms with Crippen LogP contribution in [-0.4, -0.2) is 38.6 Å². The molecule has 1 aromatic carbocycles. The zero-order valence-electron chi connectivity index (χ0n) is 14.2. The summed E-state index contributed by atoms with van der Waals surface area (Å²) in [5.41, 5.74) is 0.873. The Balaban J connectivity index is 1.47. The third-order valence-electron chi connectivity index (χ3n) is 5.01. The quantitative estimate of drug-likeness (QED) is 0.771. The summed E-state index contributed by atoms with van der Waals surface area (Å²) < 4.78 is 6.51. The van der Waals surface area contributed by atoms with Crippen molar-refractivity contribution in [3.63, 3.8) is 0 Å². The molecule has 2 aromatic heterocycles. The van der Waals surface area contributed by atoms with Crippen LogP contribution in [-0.2, 0) is 16.9 Å². The zero-order valence-corrected chi connectivity index (χ0v) is 14.2. The van der Waals surface area contributed by atoms with Crippen LogP contribution < -0.4 is 5.76 Å². The smallest absolute Gasteiger partial charge is 0.408 e. The second kappa shape index (κ2) is 6.42. The van der Waals surface area contributed by atoms with Crippen molar-refractivity contribution in [3.8, 4) is 0 Å². The Bertz CT molecular complexity index is 985. The summed E-state index contributed by atoms with van der Waals surface area (Å²) in [6, 6.07) is 10.7. The minimum atomic E-state index is -0.968. The molecule has 1 aliphatic heterocycles. The molecule has 1 amide bonds. The first-order chi connectivity index (χ1) is 12.6. The molecule has 0 atom stereocenters. The summed E-state index contributed by atoms with van der Waals surface area (Å²) in [4.78, 5) is 30.4. The second-order valence-corrected chi connectivity index (χ2v) is 6.58. The number of likely N-dealkylation sites (tertiary alicyclic amines) is 1. The van der Waals surface area contributed by atoms with E-state index in [4.69, 9.17) is 4.42 Å². The monoisotopic (exact) mass is 353 g/mol. The van der Waals surface area contributed by atoms with Crippen LogP contribution >= 0.6 is 0 Å². The van der Waals surface area contributed by atoms with E-state index in [1.165, 1.54) is 4.57 Å². The van der Waals surface area contributed by atoms with Crippen LogP contribution in [0.1, 0.15) is 18.4 Å². The molecule has 26 heavy (non-hydrogen) atoms. The van der Waals surface area contributed by atoms with Crippen molar-refractivity contribution in [2.45, 2.75) is 25.0 Å². The van der Waals surface area contributed by atoms with Gasteiger partial charge >= 0.3 is 5.76 Å². The van der Waals surface area contributed by atoms with Gasteiger partial charge < -0.3 is 14.4 Å². The summed E-state index contributed by atoms with van der Waals surface area (Å²) in [7, 11) is 0. The number of aliphatic hydroxyl groups is 1. The maximum absolute atomic E-state index is 12.6. The third-order valence-corrected chi connectivity index (χ3v) is 5.01. The van der Waals surface area contributed by atoms with E-state index in [1.54, 1.807) is 47.6 Å². The molecule has 1 saturated heterocycles. The summed E-state index contributed by atoms with van der Waals surface area (Å²) in [6.07, 6.45) is 4.20. The maximum atomic E-state index is 12.6. The lowest BCUT2D eigenvalue weighted by Gasteiger charge is -2.38. The Morgan fingerprint density at radius 2 is 1.96 bits per heavy atom. The van der Waals surface area contributed by atoms with Crippen molar-refractivity contribution in [3.05, 3.63) is 64.9 Å².